The molecule has 0 aliphatic heterocycles. The number of aliphatic hydroxyl groups excluding tert-OH is 2. The molecule has 0 aromatic carbocycles. The quantitative estimate of drug-likeness (QED) is 0.0248. The van der Waals surface area contributed by atoms with Gasteiger partial charge in [0.05, 0.1) is 25.2 Å². The molecular formula is C51H89NO5. The van der Waals surface area contributed by atoms with Crippen LogP contribution < -0.4 is 5.32 Å². The number of unbranched alkanes of at least 4 members (excludes halogenated alkanes) is 19. The molecule has 0 fully saturated rings. The molecule has 1 amide bonds. The molecule has 3 N–H and O–H groups in total. The van der Waals surface area contributed by atoms with Crippen molar-refractivity contribution in [3.63, 3.8) is 0 Å². The van der Waals surface area contributed by atoms with Gasteiger partial charge in [-0.15, -0.1) is 0 Å². The minimum Gasteiger partial charge on any atom is -0.462 e. The molecule has 57 heavy (non-hydrogen) atoms. The van der Waals surface area contributed by atoms with E-state index in [2.05, 4.69) is 86.8 Å². The van der Waals surface area contributed by atoms with Gasteiger partial charge in [0.25, 0.3) is 0 Å². The number of carbonyl (C=O) groups is 2. The van der Waals surface area contributed by atoms with Gasteiger partial charge in [0.1, 0.15) is 6.10 Å². The van der Waals surface area contributed by atoms with E-state index in [1.54, 1.807) is 0 Å². The zero-order chi connectivity index (χ0) is 41.7. The minimum absolute atomic E-state index is 0.0423. The van der Waals surface area contributed by atoms with Crippen molar-refractivity contribution in [3.8, 4) is 0 Å². The summed E-state index contributed by atoms with van der Waals surface area (Å²) in [5.41, 5.74) is 0. The molecule has 6 nitrogen and oxygen atoms in total. The van der Waals surface area contributed by atoms with E-state index in [9.17, 15) is 19.8 Å². The predicted octanol–water partition coefficient (Wildman–Crippen LogP) is 13.8. The van der Waals surface area contributed by atoms with Crippen molar-refractivity contribution in [1.82, 2.24) is 5.32 Å². The van der Waals surface area contributed by atoms with Gasteiger partial charge in [-0.3, -0.25) is 9.59 Å². The van der Waals surface area contributed by atoms with Crippen LogP contribution in [0.2, 0.25) is 0 Å². The number of esters is 1. The second kappa shape index (κ2) is 44.4. The summed E-state index contributed by atoms with van der Waals surface area (Å²) >= 11 is 0. The van der Waals surface area contributed by atoms with Crippen LogP contribution in [0, 0.1) is 0 Å². The molecule has 0 heterocycles. The highest BCUT2D eigenvalue weighted by Gasteiger charge is 2.24. The van der Waals surface area contributed by atoms with Gasteiger partial charge in [-0.25, -0.2) is 0 Å². The number of hydrogen-bond acceptors (Lipinski definition) is 5. The maximum Gasteiger partial charge on any atom is 0.306 e. The van der Waals surface area contributed by atoms with E-state index in [1.807, 2.05) is 12.2 Å². The van der Waals surface area contributed by atoms with Crippen LogP contribution in [0.3, 0.4) is 0 Å². The third-order valence-corrected chi connectivity index (χ3v) is 10.3. The summed E-state index contributed by atoms with van der Waals surface area (Å²) in [6, 6.07) is -0.719. The van der Waals surface area contributed by atoms with Crippen LogP contribution >= 0.6 is 0 Å². The van der Waals surface area contributed by atoms with Crippen LogP contribution in [0.5, 0.6) is 0 Å². The molecule has 0 saturated heterocycles. The van der Waals surface area contributed by atoms with Crippen molar-refractivity contribution in [2.24, 2.45) is 0 Å². The van der Waals surface area contributed by atoms with Gasteiger partial charge in [-0.1, -0.05) is 196 Å². The molecule has 0 aliphatic carbocycles. The molecule has 6 heteroatoms. The van der Waals surface area contributed by atoms with E-state index in [4.69, 9.17) is 4.74 Å². The van der Waals surface area contributed by atoms with Gasteiger partial charge >= 0.3 is 5.97 Å². The Labute approximate surface area is 351 Å². The number of hydrogen-bond donors (Lipinski definition) is 3. The van der Waals surface area contributed by atoms with Crippen LogP contribution in [-0.2, 0) is 14.3 Å². The molecule has 0 radical (unpaired) electrons. The second-order valence-electron chi connectivity index (χ2n) is 15.8. The first-order valence-corrected chi connectivity index (χ1v) is 23.7. The maximum atomic E-state index is 13.1. The van der Waals surface area contributed by atoms with Crippen LogP contribution in [0.1, 0.15) is 213 Å². The number of amides is 1. The number of ether oxygens (including phenoxy) is 1. The number of rotatable bonds is 41. The SMILES string of the molecule is CC/C=C/C=C/C=C\CCCCCC(CC(=O)NC(CO)C(O)CCCCCCCCCCCCCCC)OC(=O)CCCCCC/C=C/C/C=C/C/C=C/CC. The van der Waals surface area contributed by atoms with Gasteiger partial charge in [0, 0.05) is 6.42 Å². The van der Waals surface area contributed by atoms with Crippen molar-refractivity contribution in [1.29, 1.82) is 0 Å². The van der Waals surface area contributed by atoms with Crippen LogP contribution in [0.15, 0.2) is 72.9 Å². The molecule has 0 aromatic rings. The van der Waals surface area contributed by atoms with E-state index in [-0.39, 0.29) is 24.9 Å². The summed E-state index contributed by atoms with van der Waals surface area (Å²) < 4.78 is 5.88. The summed E-state index contributed by atoms with van der Waals surface area (Å²) in [5.74, 6) is -0.541. The zero-order valence-corrected chi connectivity index (χ0v) is 37.2. The smallest absolute Gasteiger partial charge is 0.306 e. The van der Waals surface area contributed by atoms with Crippen molar-refractivity contribution < 1.29 is 24.5 Å². The van der Waals surface area contributed by atoms with Gasteiger partial charge in [-0.2, -0.15) is 0 Å². The van der Waals surface area contributed by atoms with Crippen molar-refractivity contribution >= 4 is 11.9 Å². The molecule has 0 aliphatic rings. The Morgan fingerprint density at radius 2 is 1.04 bits per heavy atom. The molecular weight excluding hydrogens is 707 g/mol. The Morgan fingerprint density at radius 1 is 0.544 bits per heavy atom. The highest BCUT2D eigenvalue weighted by Crippen LogP contribution is 2.17. The van der Waals surface area contributed by atoms with Gasteiger partial charge < -0.3 is 20.3 Å². The standard InChI is InChI=1S/C51H89NO5/c1-4-7-10-13-16-19-22-24-26-29-32-35-38-41-44-51(56)57-47(42-39-36-33-30-27-21-18-15-12-9-6-3)45-50(55)52-48(46-53)49(54)43-40-37-34-31-28-25-23-20-17-14-11-8-5-2/h7,9-10,12,15-16,18-19,21,24,26-27,47-49,53-54H,4-6,8,11,13-14,17,20,22-23,25,28-46H2,1-3H3,(H,52,55)/b10-7+,12-9+,18-15+,19-16+,26-24+,27-21-. The molecule has 3 unspecified atom stereocenters. The fraction of sp³-hybridized carbons (Fsp3) is 0.725. The largest absolute Gasteiger partial charge is 0.462 e. The topological polar surface area (TPSA) is 95.9 Å². The van der Waals surface area contributed by atoms with Gasteiger partial charge in [-0.05, 0) is 77.0 Å². The van der Waals surface area contributed by atoms with Crippen molar-refractivity contribution in [2.45, 2.75) is 232 Å². The lowest BCUT2D eigenvalue weighted by Crippen LogP contribution is -2.46. The molecule has 328 valence electrons. The molecule has 0 saturated carbocycles. The van der Waals surface area contributed by atoms with E-state index in [0.717, 1.165) is 103 Å². The Bertz CT molecular complexity index is 1070. The summed E-state index contributed by atoms with van der Waals surface area (Å²) in [6.07, 6.45) is 55.3. The summed E-state index contributed by atoms with van der Waals surface area (Å²) in [7, 11) is 0. The molecule has 0 rings (SSSR count). The van der Waals surface area contributed by atoms with Crippen LogP contribution in [-0.4, -0.2) is 46.9 Å². The summed E-state index contributed by atoms with van der Waals surface area (Å²) in [5, 5.41) is 23.7. The Kier molecular flexibility index (Phi) is 42.3. The van der Waals surface area contributed by atoms with Crippen LogP contribution in [0.25, 0.3) is 0 Å². The lowest BCUT2D eigenvalue weighted by Gasteiger charge is -2.24. The average Bonchev–Trinajstić information content (AvgIpc) is 3.20. The van der Waals surface area contributed by atoms with E-state index in [0.29, 0.717) is 19.3 Å². The summed E-state index contributed by atoms with van der Waals surface area (Å²) in [6.45, 7) is 6.20. The number of carbonyl (C=O) groups excluding carboxylic acids is 2. The Morgan fingerprint density at radius 3 is 1.65 bits per heavy atom. The zero-order valence-electron chi connectivity index (χ0n) is 37.2. The number of allylic oxidation sites excluding steroid dienone is 12. The first kappa shape index (κ1) is 54.3. The maximum absolute atomic E-state index is 13.1. The second-order valence-corrected chi connectivity index (χ2v) is 15.8. The van der Waals surface area contributed by atoms with E-state index >= 15 is 0 Å². The lowest BCUT2D eigenvalue weighted by molar-refractivity contribution is -0.151. The number of aliphatic hydroxyl groups is 2. The summed E-state index contributed by atoms with van der Waals surface area (Å²) in [4.78, 5) is 26.0. The normalized spacial score (nSPS) is 14.0. The molecule has 0 aromatic heterocycles. The van der Waals surface area contributed by atoms with Crippen LogP contribution in [0.4, 0.5) is 0 Å². The first-order valence-electron chi connectivity index (χ1n) is 23.7. The third kappa shape index (κ3) is 39.9. The van der Waals surface area contributed by atoms with Crippen molar-refractivity contribution in [3.05, 3.63) is 72.9 Å². The Hall–Kier alpha value is -2.70. The molecule has 0 bridgehead atoms. The lowest BCUT2D eigenvalue weighted by atomic mass is 10.0. The molecule has 0 spiro atoms. The van der Waals surface area contributed by atoms with Crippen molar-refractivity contribution in [2.75, 3.05) is 6.61 Å². The predicted molar refractivity (Wildman–Crippen MR) is 245 cm³/mol. The first-order chi connectivity index (χ1) is 28.0. The fourth-order valence-electron chi connectivity index (χ4n) is 6.80. The minimum atomic E-state index is -0.802. The highest BCUT2D eigenvalue weighted by molar-refractivity contribution is 5.77. The highest BCUT2D eigenvalue weighted by atomic mass is 16.5. The Balaban J connectivity index is 4.64. The molecule has 3 atom stereocenters. The fourth-order valence-corrected chi connectivity index (χ4v) is 6.80. The van der Waals surface area contributed by atoms with Gasteiger partial charge in [0.15, 0.2) is 0 Å². The average molecular weight is 796 g/mol. The number of nitrogens with one attached hydrogen (secondary N) is 1. The third-order valence-electron chi connectivity index (χ3n) is 10.3. The van der Waals surface area contributed by atoms with E-state index < -0.39 is 18.2 Å². The monoisotopic (exact) mass is 796 g/mol. The van der Waals surface area contributed by atoms with E-state index in [1.165, 1.54) is 64.2 Å². The van der Waals surface area contributed by atoms with Gasteiger partial charge in [0.2, 0.25) is 5.91 Å².